The SMILES string of the molecule is CC(C)(C)OC(=O)N1CCN(Sc2ccc(-c3c(Cl)cc(N)cc3C(F)(F)F)cc2)CC1. The third-order valence-corrected chi connectivity index (χ3v) is 6.09. The molecule has 5 nitrogen and oxygen atoms in total. The number of nitrogen functional groups attached to an aromatic ring is 1. The van der Waals surface area contributed by atoms with Crippen molar-refractivity contribution in [1.29, 1.82) is 0 Å². The van der Waals surface area contributed by atoms with Gasteiger partial charge in [-0.05, 0) is 62.5 Å². The molecule has 1 heterocycles. The smallest absolute Gasteiger partial charge is 0.417 e. The van der Waals surface area contributed by atoms with Crippen LogP contribution in [0.4, 0.5) is 23.7 Å². The Morgan fingerprint density at radius 2 is 1.66 bits per heavy atom. The second-order valence-corrected chi connectivity index (χ2v) is 10.0. The number of ether oxygens (including phenoxy) is 1. The molecule has 0 unspecified atom stereocenters. The molecule has 174 valence electrons. The molecule has 0 spiro atoms. The summed E-state index contributed by atoms with van der Waals surface area (Å²) in [6, 6.07) is 8.96. The molecule has 3 rings (SSSR count). The molecular weight excluding hydrogens is 463 g/mol. The van der Waals surface area contributed by atoms with Gasteiger partial charge in [0.2, 0.25) is 0 Å². The number of amides is 1. The number of nitrogens with two attached hydrogens (primary N) is 1. The summed E-state index contributed by atoms with van der Waals surface area (Å²) in [5.74, 6) is 0. The lowest BCUT2D eigenvalue weighted by atomic mass is 9.98. The zero-order valence-corrected chi connectivity index (χ0v) is 19.6. The van der Waals surface area contributed by atoms with Crippen LogP contribution in [0, 0.1) is 0 Å². The van der Waals surface area contributed by atoms with Crippen LogP contribution in [0.3, 0.4) is 0 Å². The summed E-state index contributed by atoms with van der Waals surface area (Å²) in [4.78, 5) is 14.7. The minimum absolute atomic E-state index is 0.0382. The van der Waals surface area contributed by atoms with Crippen LogP contribution in [0.5, 0.6) is 0 Å². The van der Waals surface area contributed by atoms with Crippen molar-refractivity contribution >= 4 is 35.3 Å². The van der Waals surface area contributed by atoms with Crippen LogP contribution in [0.25, 0.3) is 11.1 Å². The number of anilines is 1. The van der Waals surface area contributed by atoms with E-state index in [4.69, 9.17) is 22.1 Å². The van der Waals surface area contributed by atoms with Gasteiger partial charge in [0.1, 0.15) is 5.60 Å². The maximum atomic E-state index is 13.5. The molecule has 1 aliphatic heterocycles. The highest BCUT2D eigenvalue weighted by molar-refractivity contribution is 7.97. The predicted molar refractivity (Wildman–Crippen MR) is 122 cm³/mol. The molecule has 2 aromatic carbocycles. The van der Waals surface area contributed by atoms with Crippen molar-refractivity contribution in [2.75, 3.05) is 31.9 Å². The summed E-state index contributed by atoms with van der Waals surface area (Å²) < 4.78 is 48.0. The number of carbonyl (C=O) groups is 1. The van der Waals surface area contributed by atoms with Gasteiger partial charge in [0.15, 0.2) is 0 Å². The fourth-order valence-corrected chi connectivity index (χ4v) is 4.50. The first-order chi connectivity index (χ1) is 14.8. The molecule has 1 fully saturated rings. The molecule has 10 heteroatoms. The van der Waals surface area contributed by atoms with Crippen LogP contribution < -0.4 is 5.73 Å². The van der Waals surface area contributed by atoms with Crippen LogP contribution >= 0.6 is 23.5 Å². The van der Waals surface area contributed by atoms with E-state index in [1.54, 1.807) is 29.2 Å². The fourth-order valence-electron chi connectivity index (χ4n) is 3.26. The number of rotatable bonds is 3. The Labute approximate surface area is 194 Å². The molecule has 1 saturated heterocycles. The van der Waals surface area contributed by atoms with Crippen LogP contribution in [0.2, 0.25) is 5.02 Å². The number of hydrogen-bond acceptors (Lipinski definition) is 5. The first-order valence-corrected chi connectivity index (χ1v) is 11.2. The van der Waals surface area contributed by atoms with Gasteiger partial charge in [-0.1, -0.05) is 23.7 Å². The molecule has 2 N–H and O–H groups in total. The average molecular weight is 488 g/mol. The van der Waals surface area contributed by atoms with Crippen molar-refractivity contribution in [3.8, 4) is 11.1 Å². The Kier molecular flexibility index (Phi) is 7.21. The van der Waals surface area contributed by atoms with Gasteiger partial charge in [0.05, 0.1) is 10.6 Å². The highest BCUT2D eigenvalue weighted by Crippen LogP contribution is 2.42. The van der Waals surface area contributed by atoms with Gasteiger partial charge in [0, 0.05) is 42.3 Å². The van der Waals surface area contributed by atoms with E-state index < -0.39 is 17.3 Å². The van der Waals surface area contributed by atoms with E-state index in [0.29, 0.717) is 31.7 Å². The predicted octanol–water partition coefficient (Wildman–Crippen LogP) is 6.17. The van der Waals surface area contributed by atoms with Gasteiger partial charge in [-0.3, -0.25) is 0 Å². The number of nitrogens with zero attached hydrogens (tertiary/aromatic N) is 2. The van der Waals surface area contributed by atoms with Crippen molar-refractivity contribution in [1.82, 2.24) is 9.21 Å². The summed E-state index contributed by atoms with van der Waals surface area (Å²) in [5.41, 5.74) is 4.40. The summed E-state index contributed by atoms with van der Waals surface area (Å²) in [6.45, 7) is 7.86. The van der Waals surface area contributed by atoms with E-state index in [9.17, 15) is 18.0 Å². The van der Waals surface area contributed by atoms with Crippen LogP contribution in [-0.2, 0) is 10.9 Å². The van der Waals surface area contributed by atoms with Gasteiger partial charge in [-0.25, -0.2) is 9.10 Å². The fraction of sp³-hybridized carbons (Fsp3) is 0.409. The molecule has 1 amide bonds. The Morgan fingerprint density at radius 3 is 2.19 bits per heavy atom. The zero-order chi connectivity index (χ0) is 23.7. The second-order valence-electron chi connectivity index (χ2n) is 8.44. The van der Waals surface area contributed by atoms with Gasteiger partial charge in [0.25, 0.3) is 0 Å². The summed E-state index contributed by atoms with van der Waals surface area (Å²) in [6.07, 6.45) is -4.90. The lowest BCUT2D eigenvalue weighted by Gasteiger charge is -2.34. The van der Waals surface area contributed by atoms with E-state index in [-0.39, 0.29) is 22.4 Å². The van der Waals surface area contributed by atoms with E-state index in [0.717, 1.165) is 11.0 Å². The standard InChI is InChI=1S/C22H25ClF3N3O2S/c1-21(2,3)31-20(30)28-8-10-29(11-9-28)32-16-6-4-14(5-7-16)19-17(22(24,25)26)12-15(27)13-18(19)23/h4-7,12-13H,8-11,27H2,1-3H3. The van der Waals surface area contributed by atoms with Crippen molar-refractivity contribution in [3.63, 3.8) is 0 Å². The summed E-state index contributed by atoms with van der Waals surface area (Å²) in [5, 5.41) is -0.0454. The number of piperazine rings is 1. The Morgan fingerprint density at radius 1 is 1.06 bits per heavy atom. The Hall–Kier alpha value is -2.10. The van der Waals surface area contributed by atoms with Crippen molar-refractivity contribution in [3.05, 3.63) is 47.0 Å². The molecule has 0 radical (unpaired) electrons. The van der Waals surface area contributed by atoms with E-state index in [1.165, 1.54) is 18.0 Å². The first kappa shape index (κ1) is 24.5. The summed E-state index contributed by atoms with van der Waals surface area (Å²) in [7, 11) is 0. The minimum Gasteiger partial charge on any atom is -0.444 e. The first-order valence-electron chi connectivity index (χ1n) is 10.0. The lowest BCUT2D eigenvalue weighted by Crippen LogP contribution is -2.47. The number of hydrogen-bond donors (Lipinski definition) is 1. The van der Waals surface area contributed by atoms with E-state index in [1.807, 2.05) is 20.8 Å². The van der Waals surface area contributed by atoms with Gasteiger partial charge in [-0.2, -0.15) is 13.2 Å². The number of carbonyl (C=O) groups excluding carboxylic acids is 1. The van der Waals surface area contributed by atoms with Crippen molar-refractivity contribution in [2.24, 2.45) is 0 Å². The highest BCUT2D eigenvalue weighted by atomic mass is 35.5. The monoisotopic (exact) mass is 487 g/mol. The number of halogens is 4. The largest absolute Gasteiger partial charge is 0.444 e. The molecule has 0 atom stereocenters. The normalized spacial score (nSPS) is 15.7. The number of benzene rings is 2. The van der Waals surface area contributed by atoms with Crippen LogP contribution in [-0.4, -0.2) is 47.1 Å². The zero-order valence-electron chi connectivity index (χ0n) is 18.0. The Bertz CT molecular complexity index is 970. The minimum atomic E-state index is -4.57. The molecule has 0 aromatic heterocycles. The summed E-state index contributed by atoms with van der Waals surface area (Å²) >= 11 is 7.61. The second kappa shape index (κ2) is 9.41. The molecule has 32 heavy (non-hydrogen) atoms. The average Bonchev–Trinajstić information content (AvgIpc) is 2.67. The lowest BCUT2D eigenvalue weighted by molar-refractivity contribution is -0.137. The van der Waals surface area contributed by atoms with Gasteiger partial charge < -0.3 is 15.4 Å². The van der Waals surface area contributed by atoms with Gasteiger partial charge in [-0.15, -0.1) is 0 Å². The maximum Gasteiger partial charge on any atom is 0.417 e. The van der Waals surface area contributed by atoms with E-state index >= 15 is 0 Å². The highest BCUT2D eigenvalue weighted by Gasteiger charge is 2.35. The maximum absolute atomic E-state index is 13.5. The number of alkyl halides is 3. The van der Waals surface area contributed by atoms with Crippen LogP contribution in [0.1, 0.15) is 26.3 Å². The molecule has 0 aliphatic carbocycles. The Balaban J connectivity index is 1.67. The molecule has 0 bridgehead atoms. The molecular formula is C22H25ClF3N3O2S. The topological polar surface area (TPSA) is 58.8 Å². The molecule has 0 saturated carbocycles. The third kappa shape index (κ3) is 6.24. The van der Waals surface area contributed by atoms with Gasteiger partial charge >= 0.3 is 12.3 Å². The van der Waals surface area contributed by atoms with Crippen molar-refractivity contribution in [2.45, 2.75) is 37.4 Å². The third-order valence-electron chi connectivity index (χ3n) is 4.69. The molecule has 2 aromatic rings. The quantitative estimate of drug-likeness (QED) is 0.414. The molecule has 1 aliphatic rings. The van der Waals surface area contributed by atoms with Crippen LogP contribution in [0.15, 0.2) is 41.3 Å². The van der Waals surface area contributed by atoms with E-state index in [2.05, 4.69) is 4.31 Å². The van der Waals surface area contributed by atoms with Crippen molar-refractivity contribution < 1.29 is 22.7 Å².